The lowest BCUT2D eigenvalue weighted by molar-refractivity contribution is 0.443. The number of hydrogen-bond acceptors (Lipinski definition) is 3. The van der Waals surface area contributed by atoms with Crippen molar-refractivity contribution in [3.63, 3.8) is 0 Å². The summed E-state index contributed by atoms with van der Waals surface area (Å²) in [6, 6.07) is 0.565. The summed E-state index contributed by atoms with van der Waals surface area (Å²) in [6.07, 6.45) is 5.00. The Kier molecular flexibility index (Phi) is 6.06. The highest BCUT2D eigenvalue weighted by Gasteiger charge is 2.17. The minimum atomic E-state index is 0.0822. The molecule has 17 heavy (non-hydrogen) atoms. The van der Waals surface area contributed by atoms with E-state index in [1.807, 2.05) is 24.3 Å². The average molecular weight is 255 g/mol. The molecule has 4 heteroatoms. The van der Waals surface area contributed by atoms with E-state index in [1.54, 1.807) is 0 Å². The molecule has 0 amide bonds. The molecule has 0 bridgehead atoms. The second-order valence-corrected chi connectivity index (χ2v) is 6.22. The lowest BCUT2D eigenvalue weighted by Crippen LogP contribution is -2.22. The van der Waals surface area contributed by atoms with E-state index in [9.17, 15) is 0 Å². The average Bonchev–Trinajstić information content (AvgIpc) is 2.76. The number of nitrogens with zero attached hydrogens (tertiary/aromatic N) is 2. The van der Waals surface area contributed by atoms with Crippen molar-refractivity contribution in [2.24, 2.45) is 11.7 Å². The molecule has 1 rings (SSSR count). The van der Waals surface area contributed by atoms with Crippen molar-refractivity contribution in [1.29, 1.82) is 0 Å². The van der Waals surface area contributed by atoms with E-state index < -0.39 is 0 Å². The van der Waals surface area contributed by atoms with Crippen molar-refractivity contribution in [3.05, 3.63) is 18.2 Å². The summed E-state index contributed by atoms with van der Waals surface area (Å²) in [4.78, 5) is 4.25. The van der Waals surface area contributed by atoms with Gasteiger partial charge in [0.05, 0.1) is 12.0 Å². The van der Waals surface area contributed by atoms with E-state index in [4.69, 9.17) is 5.73 Å². The molecule has 2 atom stereocenters. The first kappa shape index (κ1) is 14.6. The van der Waals surface area contributed by atoms with Gasteiger partial charge in [-0.2, -0.15) is 11.8 Å². The molecule has 0 saturated heterocycles. The molecule has 98 valence electrons. The molecule has 3 nitrogen and oxygen atoms in total. The third-order valence-electron chi connectivity index (χ3n) is 3.11. The molecular formula is C13H25N3S. The highest BCUT2D eigenvalue weighted by molar-refractivity contribution is 7.99. The largest absolute Gasteiger partial charge is 0.330 e. The molecule has 0 aliphatic rings. The molecule has 1 aromatic rings. The van der Waals surface area contributed by atoms with Gasteiger partial charge in [0, 0.05) is 18.3 Å². The van der Waals surface area contributed by atoms with Crippen LogP contribution < -0.4 is 5.73 Å². The minimum absolute atomic E-state index is 0.0822. The summed E-state index contributed by atoms with van der Waals surface area (Å²) in [5.41, 5.74) is 7.37. The van der Waals surface area contributed by atoms with Crippen LogP contribution in [0.25, 0.3) is 0 Å². The van der Waals surface area contributed by atoms with Crippen LogP contribution in [0.1, 0.15) is 51.9 Å². The second-order valence-electron chi connectivity index (χ2n) is 4.83. The van der Waals surface area contributed by atoms with E-state index in [0.29, 0.717) is 12.0 Å². The van der Waals surface area contributed by atoms with E-state index >= 15 is 0 Å². The van der Waals surface area contributed by atoms with Gasteiger partial charge in [-0.1, -0.05) is 20.8 Å². The van der Waals surface area contributed by atoms with Gasteiger partial charge in [0.25, 0.3) is 0 Å². The Morgan fingerprint density at radius 2 is 2.12 bits per heavy atom. The lowest BCUT2D eigenvalue weighted by atomic mass is 10.0. The third-order valence-corrected chi connectivity index (χ3v) is 4.05. The highest BCUT2D eigenvalue weighted by atomic mass is 32.2. The molecule has 0 saturated carbocycles. The van der Waals surface area contributed by atoms with Gasteiger partial charge in [0.1, 0.15) is 0 Å². The van der Waals surface area contributed by atoms with Crippen LogP contribution in [-0.2, 0) is 0 Å². The molecule has 0 spiro atoms. The van der Waals surface area contributed by atoms with Gasteiger partial charge in [-0.05, 0) is 30.8 Å². The Hall–Kier alpha value is -0.480. The van der Waals surface area contributed by atoms with Crippen molar-refractivity contribution in [1.82, 2.24) is 9.55 Å². The summed E-state index contributed by atoms with van der Waals surface area (Å²) in [5.74, 6) is 2.84. The van der Waals surface area contributed by atoms with Crippen molar-refractivity contribution in [2.45, 2.75) is 46.2 Å². The number of hydrogen-bond donors (Lipinski definition) is 1. The van der Waals surface area contributed by atoms with Crippen molar-refractivity contribution >= 4 is 11.8 Å². The Bertz CT molecular complexity index is 322. The molecule has 2 N–H and O–H groups in total. The Morgan fingerprint density at radius 3 is 2.71 bits per heavy atom. The fourth-order valence-electron chi connectivity index (χ4n) is 1.82. The quantitative estimate of drug-likeness (QED) is 0.761. The summed E-state index contributed by atoms with van der Waals surface area (Å²) in [5, 5.41) is 0. The first-order valence-corrected chi connectivity index (χ1v) is 7.58. The molecule has 1 heterocycles. The first-order valence-electron chi connectivity index (χ1n) is 6.43. The number of rotatable bonds is 7. The summed E-state index contributed by atoms with van der Waals surface area (Å²) >= 11 is 1.99. The van der Waals surface area contributed by atoms with Crippen molar-refractivity contribution in [3.8, 4) is 0 Å². The van der Waals surface area contributed by atoms with Crippen molar-refractivity contribution < 1.29 is 0 Å². The number of imidazole rings is 1. The van der Waals surface area contributed by atoms with Gasteiger partial charge in [0.15, 0.2) is 0 Å². The molecule has 1 aromatic heterocycles. The fourth-order valence-corrected chi connectivity index (χ4v) is 2.62. The topological polar surface area (TPSA) is 43.8 Å². The molecule has 2 unspecified atom stereocenters. The highest BCUT2D eigenvalue weighted by Crippen LogP contribution is 2.23. The fraction of sp³-hybridized carbons (Fsp3) is 0.769. The van der Waals surface area contributed by atoms with Gasteiger partial charge in [-0.15, -0.1) is 0 Å². The molecule has 0 aliphatic heterocycles. The maximum atomic E-state index is 6.21. The normalized spacial score (nSPS) is 15.2. The Morgan fingerprint density at radius 1 is 1.41 bits per heavy atom. The van der Waals surface area contributed by atoms with Crippen LogP contribution in [0.4, 0.5) is 0 Å². The summed E-state index contributed by atoms with van der Waals surface area (Å²) < 4.78 is 2.24. The standard InChI is InChI=1S/C13H25N3S/c1-5-17-7-6-11(4)16-9-15-8-12(16)13(14)10(2)3/h8-11,13H,5-7,14H2,1-4H3. The van der Waals surface area contributed by atoms with Gasteiger partial charge < -0.3 is 10.3 Å². The van der Waals surface area contributed by atoms with Crippen LogP contribution in [0.3, 0.4) is 0 Å². The number of nitrogens with two attached hydrogens (primary N) is 1. The maximum absolute atomic E-state index is 6.21. The smallest absolute Gasteiger partial charge is 0.0951 e. The zero-order valence-corrected chi connectivity index (χ0v) is 12.2. The van der Waals surface area contributed by atoms with E-state index in [0.717, 1.165) is 5.69 Å². The zero-order chi connectivity index (χ0) is 12.8. The Labute approximate surface area is 109 Å². The van der Waals surface area contributed by atoms with Crippen LogP contribution in [-0.4, -0.2) is 21.1 Å². The molecule has 0 aliphatic carbocycles. The van der Waals surface area contributed by atoms with E-state index in [2.05, 4.69) is 37.2 Å². The van der Waals surface area contributed by atoms with Gasteiger partial charge >= 0.3 is 0 Å². The first-order chi connectivity index (χ1) is 8.07. The monoisotopic (exact) mass is 255 g/mol. The predicted octanol–water partition coefficient (Wildman–Crippen LogP) is 3.24. The minimum Gasteiger partial charge on any atom is -0.330 e. The van der Waals surface area contributed by atoms with Gasteiger partial charge in [-0.3, -0.25) is 0 Å². The summed E-state index contributed by atoms with van der Waals surface area (Å²) in [7, 11) is 0. The van der Waals surface area contributed by atoms with Gasteiger partial charge in [-0.25, -0.2) is 4.98 Å². The maximum Gasteiger partial charge on any atom is 0.0951 e. The number of thioether (sulfide) groups is 1. The molecule has 0 fully saturated rings. The molecular weight excluding hydrogens is 230 g/mol. The van der Waals surface area contributed by atoms with Gasteiger partial charge in [0.2, 0.25) is 0 Å². The lowest BCUT2D eigenvalue weighted by Gasteiger charge is -2.22. The van der Waals surface area contributed by atoms with Crippen LogP contribution in [0.15, 0.2) is 12.5 Å². The van der Waals surface area contributed by atoms with Crippen LogP contribution in [0, 0.1) is 5.92 Å². The van der Waals surface area contributed by atoms with Crippen LogP contribution in [0.5, 0.6) is 0 Å². The predicted molar refractivity (Wildman–Crippen MR) is 76.3 cm³/mol. The summed E-state index contributed by atoms with van der Waals surface area (Å²) in [6.45, 7) is 8.75. The molecule has 0 aromatic carbocycles. The zero-order valence-electron chi connectivity index (χ0n) is 11.4. The third kappa shape index (κ3) is 4.03. The SMILES string of the molecule is CCSCCC(C)n1cncc1C(N)C(C)C. The van der Waals surface area contributed by atoms with Crippen LogP contribution >= 0.6 is 11.8 Å². The van der Waals surface area contributed by atoms with E-state index in [-0.39, 0.29) is 6.04 Å². The van der Waals surface area contributed by atoms with E-state index in [1.165, 1.54) is 17.9 Å². The number of aromatic nitrogens is 2. The molecule has 0 radical (unpaired) electrons. The Balaban J connectivity index is 2.67. The second kappa shape index (κ2) is 7.07. The van der Waals surface area contributed by atoms with Crippen molar-refractivity contribution in [2.75, 3.05) is 11.5 Å². The van der Waals surface area contributed by atoms with Crippen LogP contribution in [0.2, 0.25) is 0 Å².